The third-order valence-corrected chi connectivity index (χ3v) is 6.97. The van der Waals surface area contributed by atoms with Crippen LogP contribution in [0.15, 0.2) is 72.9 Å². The van der Waals surface area contributed by atoms with Gasteiger partial charge in [-0.3, -0.25) is 9.59 Å². The van der Waals surface area contributed by atoms with E-state index in [0.29, 0.717) is 40.9 Å². The Balaban J connectivity index is 1.59. The molecule has 6 nitrogen and oxygen atoms in total. The molecular formula is C30H31Cl2N3O3. The van der Waals surface area contributed by atoms with Crippen molar-refractivity contribution in [3.8, 4) is 5.75 Å². The number of hydrogen-bond acceptors (Lipinski definition) is 3. The van der Waals surface area contributed by atoms with Crippen molar-refractivity contribution in [3.05, 3.63) is 99.7 Å². The highest BCUT2D eigenvalue weighted by atomic mass is 35.5. The lowest BCUT2D eigenvalue weighted by atomic mass is 10.1. The van der Waals surface area contributed by atoms with Gasteiger partial charge in [0.1, 0.15) is 12.3 Å². The highest BCUT2D eigenvalue weighted by molar-refractivity contribution is 6.35. The Morgan fingerprint density at radius 3 is 2.34 bits per heavy atom. The van der Waals surface area contributed by atoms with E-state index >= 15 is 0 Å². The molecule has 8 heteroatoms. The van der Waals surface area contributed by atoms with E-state index in [0.717, 1.165) is 22.0 Å². The fraction of sp³-hybridized carbons (Fsp3) is 0.267. The number of halogens is 2. The van der Waals surface area contributed by atoms with E-state index in [1.165, 1.54) is 0 Å². The number of carbonyl (C=O) groups is 2. The van der Waals surface area contributed by atoms with Gasteiger partial charge in [-0.15, -0.1) is 0 Å². The van der Waals surface area contributed by atoms with Gasteiger partial charge in [-0.2, -0.15) is 0 Å². The molecule has 0 bridgehead atoms. The Bertz CT molecular complexity index is 1410. The maximum Gasteiger partial charge on any atom is 0.254 e. The van der Waals surface area contributed by atoms with Crippen LogP contribution in [0, 0.1) is 0 Å². The van der Waals surface area contributed by atoms with E-state index in [1.54, 1.807) is 35.1 Å². The van der Waals surface area contributed by atoms with Gasteiger partial charge in [0.15, 0.2) is 0 Å². The largest absolute Gasteiger partial charge is 0.496 e. The predicted molar refractivity (Wildman–Crippen MR) is 153 cm³/mol. The second kappa shape index (κ2) is 12.4. The third kappa shape index (κ3) is 6.50. The van der Waals surface area contributed by atoms with Crippen LogP contribution in [-0.2, 0) is 17.8 Å². The maximum absolute atomic E-state index is 13.8. The monoisotopic (exact) mass is 551 g/mol. The van der Waals surface area contributed by atoms with Crippen molar-refractivity contribution < 1.29 is 14.3 Å². The first-order valence-electron chi connectivity index (χ1n) is 12.5. The Labute approximate surface area is 233 Å². The number of rotatable bonds is 10. The number of H-pyrrole nitrogens is 1. The number of aromatic amines is 1. The van der Waals surface area contributed by atoms with Crippen molar-refractivity contribution in [2.75, 3.05) is 20.2 Å². The lowest BCUT2D eigenvalue weighted by molar-refractivity contribution is -0.132. The van der Waals surface area contributed by atoms with Gasteiger partial charge in [0, 0.05) is 57.4 Å². The molecule has 0 saturated carbocycles. The van der Waals surface area contributed by atoms with Crippen molar-refractivity contribution in [2.45, 2.75) is 32.9 Å². The molecule has 4 rings (SSSR count). The molecule has 0 aliphatic rings. The molecule has 0 atom stereocenters. The summed E-state index contributed by atoms with van der Waals surface area (Å²) in [5.41, 5.74) is 3.43. The van der Waals surface area contributed by atoms with Crippen molar-refractivity contribution in [1.29, 1.82) is 0 Å². The van der Waals surface area contributed by atoms with Gasteiger partial charge in [-0.05, 0) is 56.2 Å². The number of nitrogens with zero attached hydrogens (tertiary/aromatic N) is 2. The van der Waals surface area contributed by atoms with Crippen LogP contribution in [0.25, 0.3) is 10.9 Å². The topological polar surface area (TPSA) is 65.6 Å². The van der Waals surface area contributed by atoms with E-state index in [1.807, 2.05) is 62.5 Å². The van der Waals surface area contributed by atoms with Gasteiger partial charge in [-0.1, -0.05) is 59.6 Å². The van der Waals surface area contributed by atoms with Crippen LogP contribution in [0.5, 0.6) is 5.75 Å². The first kappa shape index (κ1) is 27.6. The number of hydrogen-bond donors (Lipinski definition) is 1. The molecule has 4 aromatic rings. The van der Waals surface area contributed by atoms with E-state index in [9.17, 15) is 9.59 Å². The minimum atomic E-state index is -0.299. The van der Waals surface area contributed by atoms with Crippen LogP contribution in [-0.4, -0.2) is 52.8 Å². The summed E-state index contributed by atoms with van der Waals surface area (Å²) < 4.78 is 5.54. The number of para-hydroxylation sites is 2. The summed E-state index contributed by atoms with van der Waals surface area (Å²) in [6.45, 7) is 4.52. The zero-order valence-electron chi connectivity index (χ0n) is 21.7. The normalized spacial score (nSPS) is 11.1. The molecule has 0 aliphatic carbocycles. The molecule has 1 N–H and O–H groups in total. The van der Waals surface area contributed by atoms with Crippen molar-refractivity contribution in [2.24, 2.45) is 0 Å². The molecule has 0 spiro atoms. The van der Waals surface area contributed by atoms with Gasteiger partial charge < -0.3 is 19.5 Å². The lowest BCUT2D eigenvalue weighted by Gasteiger charge is -2.30. The molecule has 1 heterocycles. The van der Waals surface area contributed by atoms with Crippen molar-refractivity contribution in [3.63, 3.8) is 0 Å². The highest BCUT2D eigenvalue weighted by Gasteiger charge is 2.26. The second-order valence-corrected chi connectivity index (χ2v) is 10.3. The fourth-order valence-corrected chi connectivity index (χ4v) is 5.03. The number of fused-ring (bicyclic) bond motifs is 1. The molecule has 0 aliphatic heterocycles. The standard InChI is InChI=1S/C30H31Cl2N3O3/c1-20(2)35(30(37)23-14-24(31)16-25(32)15-23)19-29(36)34(18-22-8-4-7-11-28(22)38-3)13-12-21-17-33-27-10-6-5-9-26(21)27/h4-11,14-17,20,33H,12-13,18-19H2,1-3H3. The van der Waals surface area contributed by atoms with Crippen molar-refractivity contribution >= 4 is 45.9 Å². The molecule has 0 unspecified atom stereocenters. The van der Waals surface area contributed by atoms with Crippen LogP contribution in [0.1, 0.15) is 35.3 Å². The number of amides is 2. The Morgan fingerprint density at radius 2 is 1.63 bits per heavy atom. The zero-order chi connectivity index (χ0) is 27.2. The minimum Gasteiger partial charge on any atom is -0.496 e. The van der Waals surface area contributed by atoms with E-state index in [4.69, 9.17) is 27.9 Å². The number of ether oxygens (including phenoxy) is 1. The van der Waals surface area contributed by atoms with Gasteiger partial charge in [-0.25, -0.2) is 0 Å². The summed E-state index contributed by atoms with van der Waals surface area (Å²) in [4.78, 5) is 33.8. The first-order valence-corrected chi connectivity index (χ1v) is 13.2. The first-order chi connectivity index (χ1) is 18.3. The van der Waals surface area contributed by atoms with Gasteiger partial charge in [0.25, 0.3) is 5.91 Å². The number of carbonyl (C=O) groups excluding carboxylic acids is 2. The van der Waals surface area contributed by atoms with E-state index < -0.39 is 0 Å². The van der Waals surface area contributed by atoms with Gasteiger partial charge >= 0.3 is 0 Å². The average Bonchev–Trinajstić information content (AvgIpc) is 3.31. The molecule has 198 valence electrons. The average molecular weight is 553 g/mol. The fourth-order valence-electron chi connectivity index (χ4n) is 4.50. The smallest absolute Gasteiger partial charge is 0.254 e. The molecule has 1 aromatic heterocycles. The van der Waals surface area contributed by atoms with Gasteiger partial charge in [0.05, 0.1) is 7.11 Å². The Hall–Kier alpha value is -3.48. The second-order valence-electron chi connectivity index (χ2n) is 9.42. The summed E-state index contributed by atoms with van der Waals surface area (Å²) in [6.07, 6.45) is 2.65. The van der Waals surface area contributed by atoms with Crippen LogP contribution in [0.3, 0.4) is 0 Å². The van der Waals surface area contributed by atoms with Gasteiger partial charge in [0.2, 0.25) is 5.91 Å². The molecule has 2 amide bonds. The zero-order valence-corrected chi connectivity index (χ0v) is 23.2. The van der Waals surface area contributed by atoms with Crippen LogP contribution < -0.4 is 4.74 Å². The minimum absolute atomic E-state index is 0.0797. The predicted octanol–water partition coefficient (Wildman–Crippen LogP) is 6.61. The molecule has 0 radical (unpaired) electrons. The molecular weight excluding hydrogens is 521 g/mol. The Morgan fingerprint density at radius 1 is 0.947 bits per heavy atom. The number of nitrogens with one attached hydrogen (secondary N) is 1. The number of methoxy groups -OCH3 is 1. The van der Waals surface area contributed by atoms with Crippen LogP contribution in [0.4, 0.5) is 0 Å². The summed E-state index contributed by atoms with van der Waals surface area (Å²) in [5.74, 6) is 0.250. The Kier molecular flexibility index (Phi) is 8.97. The molecule has 0 fully saturated rings. The number of aromatic nitrogens is 1. The van der Waals surface area contributed by atoms with Crippen LogP contribution >= 0.6 is 23.2 Å². The van der Waals surface area contributed by atoms with E-state index in [-0.39, 0.29) is 24.4 Å². The highest BCUT2D eigenvalue weighted by Crippen LogP contribution is 2.23. The molecule has 3 aromatic carbocycles. The summed E-state index contributed by atoms with van der Waals surface area (Å²) in [5, 5.41) is 1.87. The quantitative estimate of drug-likeness (QED) is 0.241. The van der Waals surface area contributed by atoms with E-state index in [2.05, 4.69) is 11.1 Å². The summed E-state index contributed by atoms with van der Waals surface area (Å²) in [6, 6.07) is 20.2. The maximum atomic E-state index is 13.8. The third-order valence-electron chi connectivity index (χ3n) is 6.53. The van der Waals surface area contributed by atoms with Crippen LogP contribution in [0.2, 0.25) is 10.0 Å². The molecule has 0 saturated heterocycles. The van der Waals surface area contributed by atoms with Crippen molar-refractivity contribution in [1.82, 2.24) is 14.8 Å². The summed E-state index contributed by atoms with van der Waals surface area (Å²) >= 11 is 12.3. The summed E-state index contributed by atoms with van der Waals surface area (Å²) in [7, 11) is 1.62. The molecule has 38 heavy (non-hydrogen) atoms. The number of benzene rings is 3. The SMILES string of the molecule is COc1ccccc1CN(CCc1c[nH]c2ccccc12)C(=O)CN(C(=O)c1cc(Cl)cc(Cl)c1)C(C)C. The lowest BCUT2D eigenvalue weighted by Crippen LogP contribution is -2.46.